The summed E-state index contributed by atoms with van der Waals surface area (Å²) in [7, 11) is 1.70. The summed E-state index contributed by atoms with van der Waals surface area (Å²) < 4.78 is 10.3. The molecule has 1 aliphatic heterocycles. The number of rotatable bonds is 8. The molecular weight excluding hydrogens is 204 g/mol. The first kappa shape index (κ1) is 12.3. The van der Waals surface area contributed by atoms with Crippen LogP contribution in [0.5, 0.6) is 0 Å². The van der Waals surface area contributed by atoms with Crippen LogP contribution in [-0.4, -0.2) is 57.0 Å². The van der Waals surface area contributed by atoms with Gasteiger partial charge in [-0.3, -0.25) is 4.90 Å². The lowest BCUT2D eigenvalue weighted by atomic mass is 9.86. The van der Waals surface area contributed by atoms with Gasteiger partial charge in [0.25, 0.3) is 0 Å². The number of methoxy groups -OCH3 is 1. The molecule has 0 amide bonds. The summed E-state index contributed by atoms with van der Waals surface area (Å²) in [5, 5.41) is 0. The standard InChI is InChI=1S/C12H24N2O2/c1-15-7-8-16-6-2-5-14-9-12(13,10-14)11-3-4-11/h11H,2-10,13H2,1H3. The fraction of sp³-hybridized carbons (Fsp3) is 1.00. The smallest absolute Gasteiger partial charge is 0.0700 e. The highest BCUT2D eigenvalue weighted by atomic mass is 16.5. The number of ether oxygens (including phenoxy) is 2. The van der Waals surface area contributed by atoms with E-state index in [1.807, 2.05) is 0 Å². The molecule has 2 rings (SSSR count). The van der Waals surface area contributed by atoms with Crippen molar-refractivity contribution in [2.45, 2.75) is 24.8 Å². The zero-order valence-electron chi connectivity index (χ0n) is 10.3. The fourth-order valence-corrected chi connectivity index (χ4v) is 2.50. The van der Waals surface area contributed by atoms with E-state index in [0.717, 1.165) is 38.6 Å². The second kappa shape index (κ2) is 5.45. The Morgan fingerprint density at radius 2 is 2.00 bits per heavy atom. The SMILES string of the molecule is COCCOCCCN1CC(N)(C2CC2)C1. The molecule has 16 heavy (non-hydrogen) atoms. The molecule has 0 radical (unpaired) electrons. The maximum Gasteiger partial charge on any atom is 0.0700 e. The lowest BCUT2D eigenvalue weighted by molar-refractivity contribution is 0.0332. The Balaban J connectivity index is 1.44. The molecule has 1 saturated heterocycles. The molecule has 0 aromatic heterocycles. The summed E-state index contributed by atoms with van der Waals surface area (Å²) in [4.78, 5) is 2.44. The van der Waals surface area contributed by atoms with Crippen LogP contribution in [0.15, 0.2) is 0 Å². The van der Waals surface area contributed by atoms with Gasteiger partial charge in [-0.1, -0.05) is 0 Å². The predicted molar refractivity (Wildman–Crippen MR) is 63.4 cm³/mol. The minimum atomic E-state index is 0.164. The van der Waals surface area contributed by atoms with Crippen LogP contribution >= 0.6 is 0 Å². The van der Waals surface area contributed by atoms with Crippen LogP contribution in [0.1, 0.15) is 19.3 Å². The van der Waals surface area contributed by atoms with Gasteiger partial charge < -0.3 is 15.2 Å². The Bertz CT molecular complexity index is 213. The van der Waals surface area contributed by atoms with Crippen molar-refractivity contribution < 1.29 is 9.47 Å². The van der Waals surface area contributed by atoms with Crippen molar-refractivity contribution in [2.24, 2.45) is 11.7 Å². The molecule has 2 fully saturated rings. The van der Waals surface area contributed by atoms with Crippen LogP contribution in [0, 0.1) is 5.92 Å². The lowest BCUT2D eigenvalue weighted by Crippen LogP contribution is -2.68. The largest absolute Gasteiger partial charge is 0.382 e. The second-order valence-corrected chi connectivity index (χ2v) is 5.18. The van der Waals surface area contributed by atoms with E-state index in [1.54, 1.807) is 7.11 Å². The average Bonchev–Trinajstić information content (AvgIpc) is 3.03. The number of hydrogen-bond donors (Lipinski definition) is 1. The molecule has 2 N–H and O–H groups in total. The molecule has 2 aliphatic rings. The Hall–Kier alpha value is -0.160. The van der Waals surface area contributed by atoms with E-state index in [-0.39, 0.29) is 5.54 Å². The van der Waals surface area contributed by atoms with E-state index in [2.05, 4.69) is 4.90 Å². The maximum atomic E-state index is 6.28. The first-order valence-electron chi connectivity index (χ1n) is 6.32. The van der Waals surface area contributed by atoms with Crippen LogP contribution in [-0.2, 0) is 9.47 Å². The Kier molecular flexibility index (Phi) is 4.19. The summed E-state index contributed by atoms with van der Waals surface area (Å²) in [6, 6.07) is 0. The average molecular weight is 228 g/mol. The van der Waals surface area contributed by atoms with Gasteiger partial charge in [0, 0.05) is 38.9 Å². The second-order valence-electron chi connectivity index (χ2n) is 5.18. The molecule has 1 saturated carbocycles. The van der Waals surface area contributed by atoms with Gasteiger partial charge in [0.15, 0.2) is 0 Å². The summed E-state index contributed by atoms with van der Waals surface area (Å²) >= 11 is 0. The Morgan fingerprint density at radius 1 is 1.25 bits per heavy atom. The van der Waals surface area contributed by atoms with E-state index in [0.29, 0.717) is 13.2 Å². The van der Waals surface area contributed by atoms with E-state index >= 15 is 0 Å². The molecule has 0 aromatic rings. The third-order valence-electron chi connectivity index (χ3n) is 3.62. The zero-order chi connectivity index (χ0) is 11.4. The Labute approximate surface area is 98.1 Å². The quantitative estimate of drug-likeness (QED) is 0.613. The molecule has 0 atom stereocenters. The van der Waals surface area contributed by atoms with Gasteiger partial charge in [-0.05, 0) is 25.2 Å². The van der Waals surface area contributed by atoms with E-state index < -0.39 is 0 Å². The van der Waals surface area contributed by atoms with Gasteiger partial charge in [-0.2, -0.15) is 0 Å². The highest BCUT2D eigenvalue weighted by molar-refractivity contribution is 5.08. The molecule has 0 spiro atoms. The minimum absolute atomic E-state index is 0.164. The third-order valence-corrected chi connectivity index (χ3v) is 3.62. The van der Waals surface area contributed by atoms with Gasteiger partial charge in [0.1, 0.15) is 0 Å². The highest BCUT2D eigenvalue weighted by Crippen LogP contribution is 2.42. The van der Waals surface area contributed by atoms with Crippen molar-refractivity contribution in [1.29, 1.82) is 0 Å². The van der Waals surface area contributed by atoms with Crippen LogP contribution in [0.2, 0.25) is 0 Å². The molecule has 1 heterocycles. The summed E-state index contributed by atoms with van der Waals surface area (Å²) in [6.45, 7) is 5.54. The summed E-state index contributed by atoms with van der Waals surface area (Å²) in [6.07, 6.45) is 3.80. The molecule has 0 unspecified atom stereocenters. The molecule has 4 nitrogen and oxygen atoms in total. The number of nitrogens with two attached hydrogens (primary N) is 1. The van der Waals surface area contributed by atoms with Gasteiger partial charge in [-0.15, -0.1) is 0 Å². The van der Waals surface area contributed by atoms with Crippen molar-refractivity contribution in [2.75, 3.05) is 46.6 Å². The Morgan fingerprint density at radius 3 is 2.62 bits per heavy atom. The highest BCUT2D eigenvalue weighted by Gasteiger charge is 2.49. The first-order valence-corrected chi connectivity index (χ1v) is 6.32. The number of likely N-dealkylation sites (tertiary alicyclic amines) is 1. The van der Waals surface area contributed by atoms with Gasteiger partial charge >= 0.3 is 0 Å². The molecule has 0 bridgehead atoms. The van der Waals surface area contributed by atoms with Crippen LogP contribution in [0.25, 0.3) is 0 Å². The summed E-state index contributed by atoms with van der Waals surface area (Å²) in [5.74, 6) is 0.821. The van der Waals surface area contributed by atoms with Crippen LogP contribution in [0.3, 0.4) is 0 Å². The van der Waals surface area contributed by atoms with Crippen molar-refractivity contribution in [1.82, 2.24) is 4.90 Å². The molecule has 4 heteroatoms. The zero-order valence-corrected chi connectivity index (χ0v) is 10.3. The van der Waals surface area contributed by atoms with Crippen molar-refractivity contribution in [3.8, 4) is 0 Å². The summed E-state index contributed by atoms with van der Waals surface area (Å²) in [5.41, 5.74) is 6.44. The van der Waals surface area contributed by atoms with E-state index in [1.165, 1.54) is 12.8 Å². The first-order chi connectivity index (χ1) is 7.74. The van der Waals surface area contributed by atoms with Crippen LogP contribution in [0.4, 0.5) is 0 Å². The van der Waals surface area contributed by atoms with E-state index in [4.69, 9.17) is 15.2 Å². The normalized spacial score (nSPS) is 24.4. The van der Waals surface area contributed by atoms with E-state index in [9.17, 15) is 0 Å². The lowest BCUT2D eigenvalue weighted by Gasteiger charge is -2.48. The molecular formula is C12H24N2O2. The van der Waals surface area contributed by atoms with Gasteiger partial charge in [0.05, 0.1) is 13.2 Å². The monoisotopic (exact) mass is 228 g/mol. The number of nitrogens with zero attached hydrogens (tertiary/aromatic N) is 1. The van der Waals surface area contributed by atoms with Gasteiger partial charge in [-0.25, -0.2) is 0 Å². The van der Waals surface area contributed by atoms with Crippen LogP contribution < -0.4 is 5.73 Å². The predicted octanol–water partition coefficient (Wildman–Crippen LogP) is 0.463. The fourth-order valence-electron chi connectivity index (χ4n) is 2.50. The molecule has 1 aliphatic carbocycles. The van der Waals surface area contributed by atoms with Crippen molar-refractivity contribution in [3.63, 3.8) is 0 Å². The van der Waals surface area contributed by atoms with Gasteiger partial charge in [0.2, 0.25) is 0 Å². The molecule has 0 aromatic carbocycles. The topological polar surface area (TPSA) is 47.7 Å². The maximum absolute atomic E-state index is 6.28. The van der Waals surface area contributed by atoms with Crippen molar-refractivity contribution >= 4 is 0 Å². The van der Waals surface area contributed by atoms with Crippen molar-refractivity contribution in [3.05, 3.63) is 0 Å². The molecule has 94 valence electrons. The number of hydrogen-bond acceptors (Lipinski definition) is 4. The minimum Gasteiger partial charge on any atom is -0.382 e. The third kappa shape index (κ3) is 3.17.